The molecule has 0 aliphatic carbocycles. The van der Waals surface area contributed by atoms with Crippen molar-refractivity contribution in [3.8, 4) is 5.69 Å². The van der Waals surface area contributed by atoms with Gasteiger partial charge in [-0.3, -0.25) is 14.9 Å². The molecule has 2 atom stereocenters. The van der Waals surface area contributed by atoms with Gasteiger partial charge in [-0.1, -0.05) is 17.3 Å². The summed E-state index contributed by atoms with van der Waals surface area (Å²) in [6.07, 6.45) is 0.0292. The van der Waals surface area contributed by atoms with E-state index in [1.54, 1.807) is 25.1 Å². The molecule has 178 valence electrons. The Morgan fingerprint density at radius 1 is 1.24 bits per heavy atom. The Kier molecular flexibility index (Phi) is 6.55. The first-order valence-electron chi connectivity index (χ1n) is 10.9. The number of carbonyl (C=O) groups excluding carboxylic acids is 1. The van der Waals surface area contributed by atoms with Crippen molar-refractivity contribution < 1.29 is 18.8 Å². The molecule has 4 rings (SSSR count). The van der Waals surface area contributed by atoms with Crippen LogP contribution in [0.1, 0.15) is 35.6 Å². The molecule has 0 bridgehead atoms. The summed E-state index contributed by atoms with van der Waals surface area (Å²) < 4.78 is 21.9. The summed E-state index contributed by atoms with van der Waals surface area (Å²) in [5.74, 6) is -0.838. The lowest BCUT2D eigenvalue weighted by atomic mass is 10.1. The first-order chi connectivity index (χ1) is 16.2. The Balaban J connectivity index is 1.44. The van der Waals surface area contributed by atoms with Crippen molar-refractivity contribution in [1.29, 1.82) is 0 Å². The van der Waals surface area contributed by atoms with Gasteiger partial charge in [-0.2, -0.15) is 0 Å². The summed E-state index contributed by atoms with van der Waals surface area (Å²) >= 11 is 0. The van der Waals surface area contributed by atoms with Crippen molar-refractivity contribution in [3.63, 3.8) is 0 Å². The molecule has 1 aliphatic rings. The fourth-order valence-electron chi connectivity index (χ4n) is 4.08. The first kappa shape index (κ1) is 23.3. The number of anilines is 1. The van der Waals surface area contributed by atoms with Gasteiger partial charge in [0.15, 0.2) is 5.69 Å². The molecule has 0 spiro atoms. The molecule has 1 aliphatic heterocycles. The summed E-state index contributed by atoms with van der Waals surface area (Å²) in [5, 5.41) is 21.6. The Bertz CT molecular complexity index is 1220. The third-order valence-electron chi connectivity index (χ3n) is 5.62. The number of nitrogens with one attached hydrogen (secondary N) is 1. The van der Waals surface area contributed by atoms with Gasteiger partial charge in [0.05, 0.1) is 34.2 Å². The maximum absolute atomic E-state index is 14.8. The molecule has 10 nitrogen and oxygen atoms in total. The molecule has 34 heavy (non-hydrogen) atoms. The van der Waals surface area contributed by atoms with Gasteiger partial charge >= 0.3 is 0 Å². The standard InChI is InChI=1S/C23H25FN6O4/c1-14-12-28(13-15(2)34-14)21-8-7-17(9-20(21)24)11-25-23(31)22-16(3)29(27-26-22)18-5-4-6-19(10-18)30(32)33/h4-10,14-15H,11-13H2,1-3H3,(H,25,31). The molecule has 1 fully saturated rings. The SMILES string of the molecule is Cc1c(C(=O)NCc2ccc(N3CC(C)OC(C)C3)c(F)c2)nnn1-c1cccc([N+](=O)[O-])c1. The number of halogens is 1. The fraction of sp³-hybridized carbons (Fsp3) is 0.348. The van der Waals surface area contributed by atoms with E-state index >= 15 is 0 Å². The van der Waals surface area contributed by atoms with Crippen molar-refractivity contribution in [3.05, 3.63) is 75.3 Å². The summed E-state index contributed by atoms with van der Waals surface area (Å²) in [4.78, 5) is 25.2. The van der Waals surface area contributed by atoms with Crippen LogP contribution in [0.5, 0.6) is 0 Å². The largest absolute Gasteiger partial charge is 0.372 e. The Morgan fingerprint density at radius 3 is 2.65 bits per heavy atom. The third-order valence-corrected chi connectivity index (χ3v) is 5.62. The number of carbonyl (C=O) groups is 1. The number of ether oxygens (including phenoxy) is 1. The van der Waals surface area contributed by atoms with Crippen molar-refractivity contribution in [1.82, 2.24) is 20.3 Å². The maximum Gasteiger partial charge on any atom is 0.274 e. The van der Waals surface area contributed by atoms with Crippen LogP contribution in [0.4, 0.5) is 15.8 Å². The lowest BCUT2D eigenvalue weighted by Crippen LogP contribution is -2.45. The first-order valence-corrected chi connectivity index (χ1v) is 10.9. The number of benzene rings is 2. The second-order valence-corrected chi connectivity index (χ2v) is 8.34. The van der Waals surface area contributed by atoms with E-state index in [0.717, 1.165) is 0 Å². The fourth-order valence-corrected chi connectivity index (χ4v) is 4.08. The minimum atomic E-state index is -0.506. The van der Waals surface area contributed by atoms with Gasteiger partial charge < -0.3 is 15.0 Å². The minimum Gasteiger partial charge on any atom is -0.372 e. The van der Waals surface area contributed by atoms with E-state index in [2.05, 4.69) is 15.6 Å². The van der Waals surface area contributed by atoms with Gasteiger partial charge in [0.25, 0.3) is 11.6 Å². The predicted molar refractivity (Wildman–Crippen MR) is 123 cm³/mol. The van der Waals surface area contributed by atoms with Gasteiger partial charge in [0, 0.05) is 31.8 Å². The van der Waals surface area contributed by atoms with E-state index in [9.17, 15) is 19.3 Å². The number of nitrogens with zero attached hydrogens (tertiary/aromatic N) is 5. The molecule has 1 N–H and O–H groups in total. The van der Waals surface area contributed by atoms with E-state index in [4.69, 9.17) is 4.74 Å². The molecule has 11 heteroatoms. The second-order valence-electron chi connectivity index (χ2n) is 8.34. The number of rotatable bonds is 6. The Hall–Kier alpha value is -3.86. The molecule has 3 aromatic rings. The zero-order valence-electron chi connectivity index (χ0n) is 19.1. The van der Waals surface area contributed by atoms with Crippen LogP contribution >= 0.6 is 0 Å². The number of nitro benzene ring substituents is 1. The van der Waals surface area contributed by atoms with Crippen molar-refractivity contribution in [2.75, 3.05) is 18.0 Å². The van der Waals surface area contributed by atoms with E-state index in [0.29, 0.717) is 35.7 Å². The Labute approximate surface area is 195 Å². The average Bonchev–Trinajstić information content (AvgIpc) is 3.18. The highest BCUT2D eigenvalue weighted by atomic mass is 19.1. The highest BCUT2D eigenvalue weighted by molar-refractivity contribution is 5.93. The lowest BCUT2D eigenvalue weighted by Gasteiger charge is -2.37. The molecule has 1 aromatic heterocycles. The van der Waals surface area contributed by atoms with Gasteiger partial charge in [0.1, 0.15) is 5.82 Å². The van der Waals surface area contributed by atoms with Crippen LogP contribution in [0, 0.1) is 22.9 Å². The molecule has 0 saturated carbocycles. The minimum absolute atomic E-state index is 0.0146. The Morgan fingerprint density at radius 2 is 1.97 bits per heavy atom. The van der Waals surface area contributed by atoms with Gasteiger partial charge in [-0.05, 0) is 44.5 Å². The smallest absolute Gasteiger partial charge is 0.274 e. The summed E-state index contributed by atoms with van der Waals surface area (Å²) in [7, 11) is 0. The quantitative estimate of drug-likeness (QED) is 0.436. The molecule has 2 unspecified atom stereocenters. The van der Waals surface area contributed by atoms with Crippen LogP contribution in [0.3, 0.4) is 0 Å². The number of hydrogen-bond donors (Lipinski definition) is 1. The molecule has 1 saturated heterocycles. The molecule has 0 radical (unpaired) electrons. The van der Waals surface area contributed by atoms with Crippen LogP contribution in [-0.4, -0.2) is 51.1 Å². The third kappa shape index (κ3) is 4.88. The highest BCUT2D eigenvalue weighted by Crippen LogP contribution is 2.25. The zero-order chi connectivity index (χ0) is 24.4. The highest BCUT2D eigenvalue weighted by Gasteiger charge is 2.24. The average molecular weight is 468 g/mol. The number of morpholine rings is 1. The van der Waals surface area contributed by atoms with E-state index < -0.39 is 10.8 Å². The van der Waals surface area contributed by atoms with E-state index in [1.807, 2.05) is 18.7 Å². The summed E-state index contributed by atoms with van der Waals surface area (Å²) in [6, 6.07) is 10.8. The monoisotopic (exact) mass is 468 g/mol. The van der Waals surface area contributed by atoms with Crippen LogP contribution < -0.4 is 10.2 Å². The van der Waals surface area contributed by atoms with E-state index in [-0.39, 0.29) is 36.0 Å². The normalized spacial score (nSPS) is 18.1. The predicted octanol–water partition coefficient (Wildman–Crippen LogP) is 3.17. The van der Waals surface area contributed by atoms with Crippen molar-refractivity contribution in [2.24, 2.45) is 0 Å². The van der Waals surface area contributed by atoms with Gasteiger partial charge in [0.2, 0.25) is 0 Å². The summed E-state index contributed by atoms with van der Waals surface area (Å²) in [6.45, 7) is 6.89. The van der Waals surface area contributed by atoms with Gasteiger partial charge in [-0.15, -0.1) is 5.10 Å². The van der Waals surface area contributed by atoms with Crippen LogP contribution in [0.15, 0.2) is 42.5 Å². The second kappa shape index (κ2) is 9.56. The molecule has 2 heterocycles. The zero-order valence-corrected chi connectivity index (χ0v) is 19.1. The number of non-ortho nitro benzene ring substituents is 1. The molecular formula is C23H25FN6O4. The van der Waals surface area contributed by atoms with E-state index in [1.165, 1.54) is 28.9 Å². The summed E-state index contributed by atoms with van der Waals surface area (Å²) in [5.41, 5.74) is 1.95. The number of hydrogen-bond acceptors (Lipinski definition) is 7. The van der Waals surface area contributed by atoms with Crippen LogP contribution in [-0.2, 0) is 11.3 Å². The molecule has 2 aromatic carbocycles. The van der Waals surface area contributed by atoms with Crippen molar-refractivity contribution >= 4 is 17.3 Å². The molecule has 1 amide bonds. The van der Waals surface area contributed by atoms with Gasteiger partial charge in [-0.25, -0.2) is 9.07 Å². The topological polar surface area (TPSA) is 115 Å². The number of nitro groups is 1. The lowest BCUT2D eigenvalue weighted by molar-refractivity contribution is -0.384. The van der Waals surface area contributed by atoms with Crippen LogP contribution in [0.2, 0.25) is 0 Å². The molecular weight excluding hydrogens is 443 g/mol. The number of amides is 1. The van der Waals surface area contributed by atoms with Crippen LogP contribution in [0.25, 0.3) is 5.69 Å². The van der Waals surface area contributed by atoms with Crippen molar-refractivity contribution in [2.45, 2.75) is 39.5 Å². The number of aromatic nitrogens is 3. The maximum atomic E-state index is 14.8.